The van der Waals surface area contributed by atoms with Crippen molar-refractivity contribution in [3.8, 4) is 11.5 Å². The van der Waals surface area contributed by atoms with E-state index in [0.29, 0.717) is 22.1 Å². The highest BCUT2D eigenvalue weighted by Gasteiger charge is 2.26. The van der Waals surface area contributed by atoms with Crippen LogP contribution in [0, 0.1) is 0 Å². The third kappa shape index (κ3) is 3.75. The van der Waals surface area contributed by atoms with Crippen molar-refractivity contribution in [3.63, 3.8) is 0 Å². The Hall–Kier alpha value is -1.46. The van der Waals surface area contributed by atoms with E-state index < -0.39 is 11.9 Å². The van der Waals surface area contributed by atoms with Crippen molar-refractivity contribution in [1.82, 2.24) is 0 Å². The molecule has 0 amide bonds. The molecule has 1 atom stereocenters. The number of benzene rings is 1. The van der Waals surface area contributed by atoms with Crippen LogP contribution in [0.3, 0.4) is 0 Å². The lowest BCUT2D eigenvalue weighted by atomic mass is 9.98. The van der Waals surface area contributed by atoms with Gasteiger partial charge in [0.25, 0.3) is 0 Å². The van der Waals surface area contributed by atoms with Crippen molar-refractivity contribution in [2.75, 3.05) is 13.7 Å². The van der Waals surface area contributed by atoms with Crippen LogP contribution in [-0.2, 0) is 4.79 Å². The van der Waals surface area contributed by atoms with Crippen molar-refractivity contribution in [3.05, 3.63) is 22.7 Å². The van der Waals surface area contributed by atoms with Gasteiger partial charge in [-0.3, -0.25) is 4.79 Å². The minimum atomic E-state index is -1.03. The Balaban J connectivity index is 3.41. The van der Waals surface area contributed by atoms with E-state index in [1.807, 2.05) is 13.8 Å². The summed E-state index contributed by atoms with van der Waals surface area (Å²) in [6, 6.07) is 3.13. The molecule has 0 aliphatic heterocycles. The fraction of sp³-hybridized carbons (Fsp3) is 0.462. The number of rotatable bonds is 6. The Labute approximate surface area is 117 Å². The van der Waals surface area contributed by atoms with Crippen LogP contribution in [0.5, 0.6) is 11.5 Å². The lowest BCUT2D eigenvalue weighted by Crippen LogP contribution is -2.22. The normalized spacial score (nSPS) is 12.3. The second-order valence-electron chi connectivity index (χ2n) is 4.32. The molecule has 0 heterocycles. The number of carbonyl (C=O) groups is 1. The van der Waals surface area contributed by atoms with Crippen LogP contribution in [0.25, 0.3) is 0 Å². The van der Waals surface area contributed by atoms with Gasteiger partial charge in [-0.2, -0.15) is 0 Å². The molecule has 1 unspecified atom stereocenters. The minimum absolute atomic E-state index is 0.0483. The standard InChI is InChI=1S/C13H18ClNO4/c1-7(2)19-12-9(10(6-15)13(16)17)4-8(14)5-11(12)18-3/h4-5,7,10H,6,15H2,1-3H3,(H,16,17). The fourth-order valence-corrected chi connectivity index (χ4v) is 1.94. The monoisotopic (exact) mass is 287 g/mol. The molecule has 5 nitrogen and oxygen atoms in total. The third-order valence-electron chi connectivity index (χ3n) is 2.53. The molecule has 1 aromatic carbocycles. The summed E-state index contributed by atoms with van der Waals surface area (Å²) in [5.74, 6) is -1.14. The average Bonchev–Trinajstić information content (AvgIpc) is 2.31. The molecule has 0 radical (unpaired) electrons. The maximum absolute atomic E-state index is 11.3. The van der Waals surface area contributed by atoms with Gasteiger partial charge in [-0.15, -0.1) is 0 Å². The summed E-state index contributed by atoms with van der Waals surface area (Å²) in [6.07, 6.45) is -0.124. The number of aliphatic carboxylic acids is 1. The third-order valence-corrected chi connectivity index (χ3v) is 2.75. The number of halogens is 1. The predicted molar refractivity (Wildman–Crippen MR) is 73.2 cm³/mol. The summed E-state index contributed by atoms with van der Waals surface area (Å²) >= 11 is 5.97. The number of carboxylic acids is 1. The maximum atomic E-state index is 11.3. The summed E-state index contributed by atoms with van der Waals surface area (Å²) in [7, 11) is 1.47. The molecule has 0 spiro atoms. The maximum Gasteiger partial charge on any atom is 0.312 e. The highest BCUT2D eigenvalue weighted by atomic mass is 35.5. The highest BCUT2D eigenvalue weighted by Crippen LogP contribution is 2.39. The molecule has 0 fully saturated rings. The van der Waals surface area contributed by atoms with E-state index in [-0.39, 0.29) is 12.6 Å². The van der Waals surface area contributed by atoms with Gasteiger partial charge in [0.2, 0.25) is 0 Å². The topological polar surface area (TPSA) is 81.8 Å². The number of hydrogen-bond donors (Lipinski definition) is 2. The first kappa shape index (κ1) is 15.6. The van der Waals surface area contributed by atoms with Crippen molar-refractivity contribution in [2.45, 2.75) is 25.9 Å². The molecule has 0 bridgehead atoms. The molecule has 0 aliphatic carbocycles. The van der Waals surface area contributed by atoms with Crippen LogP contribution in [0.15, 0.2) is 12.1 Å². The van der Waals surface area contributed by atoms with Crippen molar-refractivity contribution >= 4 is 17.6 Å². The van der Waals surface area contributed by atoms with E-state index in [1.54, 1.807) is 12.1 Å². The number of nitrogens with two attached hydrogens (primary N) is 1. The van der Waals surface area contributed by atoms with Gasteiger partial charge in [-0.1, -0.05) is 11.6 Å². The second-order valence-corrected chi connectivity index (χ2v) is 4.76. The fourth-order valence-electron chi connectivity index (χ4n) is 1.72. The molecular formula is C13H18ClNO4. The number of methoxy groups -OCH3 is 1. The molecule has 1 rings (SSSR count). The van der Waals surface area contributed by atoms with Gasteiger partial charge in [-0.05, 0) is 19.9 Å². The largest absolute Gasteiger partial charge is 0.493 e. The highest BCUT2D eigenvalue weighted by molar-refractivity contribution is 6.30. The van der Waals surface area contributed by atoms with Crippen molar-refractivity contribution in [1.29, 1.82) is 0 Å². The predicted octanol–water partition coefficient (Wildman–Crippen LogP) is 2.26. The first-order chi connectivity index (χ1) is 8.90. The van der Waals surface area contributed by atoms with E-state index in [0.717, 1.165) is 0 Å². The van der Waals surface area contributed by atoms with Crippen molar-refractivity contribution < 1.29 is 19.4 Å². The zero-order chi connectivity index (χ0) is 14.6. The zero-order valence-electron chi connectivity index (χ0n) is 11.1. The van der Waals surface area contributed by atoms with E-state index in [1.165, 1.54) is 7.11 Å². The van der Waals surface area contributed by atoms with Crippen LogP contribution >= 0.6 is 11.6 Å². The van der Waals surface area contributed by atoms with Crippen LogP contribution in [-0.4, -0.2) is 30.8 Å². The van der Waals surface area contributed by atoms with Gasteiger partial charge >= 0.3 is 5.97 Å². The zero-order valence-corrected chi connectivity index (χ0v) is 11.9. The molecule has 6 heteroatoms. The summed E-state index contributed by atoms with van der Waals surface area (Å²) in [5.41, 5.74) is 5.95. The Morgan fingerprint density at radius 2 is 2.11 bits per heavy atom. The van der Waals surface area contributed by atoms with Gasteiger partial charge in [0, 0.05) is 23.2 Å². The molecular weight excluding hydrogens is 270 g/mol. The Kier molecular flexibility index (Phi) is 5.44. The number of hydrogen-bond acceptors (Lipinski definition) is 4. The second kappa shape index (κ2) is 6.63. The van der Waals surface area contributed by atoms with Gasteiger partial charge < -0.3 is 20.3 Å². The number of ether oxygens (including phenoxy) is 2. The van der Waals surface area contributed by atoms with Gasteiger partial charge in [-0.25, -0.2) is 0 Å². The van der Waals surface area contributed by atoms with Crippen LogP contribution in [0.4, 0.5) is 0 Å². The lowest BCUT2D eigenvalue weighted by Gasteiger charge is -2.20. The first-order valence-electron chi connectivity index (χ1n) is 5.87. The van der Waals surface area contributed by atoms with Gasteiger partial charge in [0.1, 0.15) is 0 Å². The number of carboxylic acid groups (broad SMARTS) is 1. The summed E-state index contributed by atoms with van der Waals surface area (Å²) < 4.78 is 10.9. The molecule has 0 aliphatic rings. The first-order valence-corrected chi connectivity index (χ1v) is 6.25. The summed E-state index contributed by atoms with van der Waals surface area (Å²) in [5, 5.41) is 9.60. The Morgan fingerprint density at radius 1 is 1.47 bits per heavy atom. The molecule has 1 aromatic rings. The van der Waals surface area contributed by atoms with Gasteiger partial charge in [0.15, 0.2) is 11.5 Å². The summed E-state index contributed by atoms with van der Waals surface area (Å²) in [4.78, 5) is 11.3. The molecule has 3 N–H and O–H groups in total. The average molecular weight is 288 g/mol. The summed E-state index contributed by atoms with van der Waals surface area (Å²) in [6.45, 7) is 3.64. The smallest absolute Gasteiger partial charge is 0.312 e. The molecule has 19 heavy (non-hydrogen) atoms. The van der Waals surface area contributed by atoms with Crippen LogP contribution in [0.2, 0.25) is 5.02 Å². The minimum Gasteiger partial charge on any atom is -0.493 e. The van der Waals surface area contributed by atoms with E-state index in [9.17, 15) is 9.90 Å². The molecule has 0 aromatic heterocycles. The SMILES string of the molecule is COc1cc(Cl)cc(C(CN)C(=O)O)c1OC(C)C. The quantitative estimate of drug-likeness (QED) is 0.839. The van der Waals surface area contributed by atoms with Crippen LogP contribution < -0.4 is 15.2 Å². The van der Waals surface area contributed by atoms with Crippen molar-refractivity contribution in [2.24, 2.45) is 5.73 Å². The van der Waals surface area contributed by atoms with E-state index >= 15 is 0 Å². The van der Waals surface area contributed by atoms with E-state index in [4.69, 9.17) is 26.8 Å². The molecule has 106 valence electrons. The molecule has 0 saturated carbocycles. The van der Waals surface area contributed by atoms with E-state index in [2.05, 4.69) is 0 Å². The lowest BCUT2D eigenvalue weighted by molar-refractivity contribution is -0.138. The molecule has 0 saturated heterocycles. The van der Waals surface area contributed by atoms with Gasteiger partial charge in [0.05, 0.1) is 19.1 Å². The Bertz CT molecular complexity index is 462. The Morgan fingerprint density at radius 3 is 2.53 bits per heavy atom. The van der Waals surface area contributed by atoms with Crippen LogP contribution in [0.1, 0.15) is 25.3 Å².